The molecule has 1 rings (SSSR count). The molecule has 0 saturated heterocycles. The molecule has 0 atom stereocenters. The van der Waals surface area contributed by atoms with Crippen LogP contribution in [-0.4, -0.2) is 29.0 Å². The minimum Gasteiger partial charge on any atom is -0.508 e. The number of aromatic hydroxyl groups is 1. The number of nitrogens with zero attached hydrogens (tertiary/aromatic N) is 1. The number of terminal acetylenes is 1. The van der Waals surface area contributed by atoms with Crippen molar-refractivity contribution in [1.29, 1.82) is 0 Å². The molecule has 1 aromatic carbocycles. The smallest absolute Gasteiger partial charge is 0.254 e. The van der Waals surface area contributed by atoms with Crippen LogP contribution in [-0.2, 0) is 0 Å². The van der Waals surface area contributed by atoms with Gasteiger partial charge in [-0.3, -0.25) is 4.79 Å². The summed E-state index contributed by atoms with van der Waals surface area (Å²) >= 11 is 0. The second kappa shape index (κ2) is 5.82. The van der Waals surface area contributed by atoms with Gasteiger partial charge in [0.25, 0.3) is 5.91 Å². The molecule has 1 N–H and O–H groups in total. The van der Waals surface area contributed by atoms with Gasteiger partial charge in [-0.25, -0.2) is 0 Å². The van der Waals surface area contributed by atoms with Gasteiger partial charge < -0.3 is 10.0 Å². The molecule has 0 spiro atoms. The van der Waals surface area contributed by atoms with Crippen molar-refractivity contribution in [3.8, 4) is 18.1 Å². The summed E-state index contributed by atoms with van der Waals surface area (Å²) in [6.45, 7) is 2.90. The first-order valence-corrected chi connectivity index (χ1v) is 5.20. The number of hydrogen-bond donors (Lipinski definition) is 1. The molecule has 0 fully saturated rings. The average molecular weight is 217 g/mol. The van der Waals surface area contributed by atoms with Gasteiger partial charge in [-0.2, -0.15) is 0 Å². The van der Waals surface area contributed by atoms with Crippen LogP contribution >= 0.6 is 0 Å². The standard InChI is InChI=1S/C13H15NO2/c1-3-8-14(9-4-2)13(16)11-6-5-7-12(15)10-11/h1,5-7,10,15H,4,8-9H2,2H3. The van der Waals surface area contributed by atoms with Crippen molar-refractivity contribution in [3.63, 3.8) is 0 Å². The summed E-state index contributed by atoms with van der Waals surface area (Å²) in [5.74, 6) is 2.40. The maximum Gasteiger partial charge on any atom is 0.254 e. The molecular formula is C13H15NO2. The zero-order valence-corrected chi connectivity index (χ0v) is 9.31. The molecule has 0 heterocycles. The summed E-state index contributed by atoms with van der Waals surface area (Å²) in [5, 5.41) is 9.29. The molecule has 1 amide bonds. The fraction of sp³-hybridized carbons (Fsp3) is 0.308. The number of benzene rings is 1. The van der Waals surface area contributed by atoms with Crippen LogP contribution in [0.3, 0.4) is 0 Å². The monoisotopic (exact) mass is 217 g/mol. The third kappa shape index (κ3) is 3.03. The van der Waals surface area contributed by atoms with Crippen LogP contribution in [0.5, 0.6) is 5.75 Å². The SMILES string of the molecule is C#CCN(CCC)C(=O)c1cccc(O)c1. The van der Waals surface area contributed by atoms with Crippen molar-refractivity contribution in [2.24, 2.45) is 0 Å². The van der Waals surface area contributed by atoms with Gasteiger partial charge in [0.1, 0.15) is 5.75 Å². The zero-order chi connectivity index (χ0) is 12.0. The van der Waals surface area contributed by atoms with Gasteiger partial charge in [-0.15, -0.1) is 6.42 Å². The van der Waals surface area contributed by atoms with Crippen molar-refractivity contribution < 1.29 is 9.90 Å². The Bertz CT molecular complexity index is 407. The summed E-state index contributed by atoms with van der Waals surface area (Å²) in [6, 6.07) is 6.29. The quantitative estimate of drug-likeness (QED) is 0.782. The minimum atomic E-state index is -0.143. The van der Waals surface area contributed by atoms with Crippen molar-refractivity contribution >= 4 is 5.91 Å². The highest BCUT2D eigenvalue weighted by Crippen LogP contribution is 2.13. The first-order valence-electron chi connectivity index (χ1n) is 5.20. The van der Waals surface area contributed by atoms with Gasteiger partial charge in [-0.1, -0.05) is 18.9 Å². The van der Waals surface area contributed by atoms with E-state index in [0.717, 1.165) is 6.42 Å². The van der Waals surface area contributed by atoms with E-state index in [-0.39, 0.29) is 11.7 Å². The minimum absolute atomic E-state index is 0.0861. The molecule has 0 aliphatic carbocycles. The van der Waals surface area contributed by atoms with Gasteiger partial charge in [0.15, 0.2) is 0 Å². The van der Waals surface area contributed by atoms with E-state index in [0.29, 0.717) is 18.7 Å². The van der Waals surface area contributed by atoms with Gasteiger partial charge in [0.2, 0.25) is 0 Å². The molecule has 0 saturated carbocycles. The van der Waals surface area contributed by atoms with Crippen LogP contribution in [0.2, 0.25) is 0 Å². The number of hydrogen-bond acceptors (Lipinski definition) is 2. The Morgan fingerprint density at radius 3 is 2.88 bits per heavy atom. The van der Waals surface area contributed by atoms with E-state index >= 15 is 0 Å². The predicted octanol–water partition coefficient (Wildman–Crippen LogP) is 1.88. The third-order valence-corrected chi connectivity index (χ3v) is 2.16. The maximum atomic E-state index is 12.0. The van der Waals surface area contributed by atoms with Crippen LogP contribution in [0, 0.1) is 12.3 Å². The predicted molar refractivity (Wildman–Crippen MR) is 63.1 cm³/mol. The second-order valence-corrected chi connectivity index (χ2v) is 3.48. The molecule has 84 valence electrons. The fourth-order valence-electron chi connectivity index (χ4n) is 1.45. The highest BCUT2D eigenvalue weighted by molar-refractivity contribution is 5.94. The van der Waals surface area contributed by atoms with Crippen LogP contribution in [0.15, 0.2) is 24.3 Å². The Kier molecular flexibility index (Phi) is 4.41. The number of amides is 1. The molecular weight excluding hydrogens is 202 g/mol. The molecule has 0 aliphatic rings. The molecule has 0 aliphatic heterocycles. The lowest BCUT2D eigenvalue weighted by atomic mass is 10.2. The lowest BCUT2D eigenvalue weighted by Crippen LogP contribution is -2.32. The van der Waals surface area contributed by atoms with Crippen LogP contribution in [0.1, 0.15) is 23.7 Å². The fourth-order valence-corrected chi connectivity index (χ4v) is 1.45. The number of rotatable bonds is 4. The van der Waals surface area contributed by atoms with Gasteiger partial charge >= 0.3 is 0 Å². The Morgan fingerprint density at radius 2 is 2.31 bits per heavy atom. The lowest BCUT2D eigenvalue weighted by molar-refractivity contribution is 0.0776. The largest absolute Gasteiger partial charge is 0.508 e. The Morgan fingerprint density at radius 1 is 1.56 bits per heavy atom. The topological polar surface area (TPSA) is 40.5 Å². The number of phenols is 1. The average Bonchev–Trinajstić information content (AvgIpc) is 2.28. The van der Waals surface area contributed by atoms with Crippen LogP contribution in [0.4, 0.5) is 0 Å². The van der Waals surface area contributed by atoms with Crippen LogP contribution < -0.4 is 0 Å². The van der Waals surface area contributed by atoms with E-state index in [4.69, 9.17) is 6.42 Å². The molecule has 3 heteroatoms. The Labute approximate surface area is 95.7 Å². The van der Waals surface area contributed by atoms with E-state index in [2.05, 4.69) is 5.92 Å². The van der Waals surface area contributed by atoms with E-state index in [1.807, 2.05) is 6.92 Å². The van der Waals surface area contributed by atoms with E-state index in [1.54, 1.807) is 17.0 Å². The molecule has 0 radical (unpaired) electrons. The summed E-state index contributed by atoms with van der Waals surface area (Å²) in [7, 11) is 0. The summed E-state index contributed by atoms with van der Waals surface area (Å²) in [4.78, 5) is 13.6. The first-order chi connectivity index (χ1) is 7.69. The van der Waals surface area contributed by atoms with Gasteiger partial charge in [0.05, 0.1) is 6.54 Å². The van der Waals surface area contributed by atoms with Crippen molar-refractivity contribution in [1.82, 2.24) is 4.90 Å². The molecule has 1 aromatic rings. The number of phenolic OH excluding ortho intramolecular Hbond substituents is 1. The van der Waals surface area contributed by atoms with E-state index in [1.165, 1.54) is 12.1 Å². The Hall–Kier alpha value is -1.95. The third-order valence-electron chi connectivity index (χ3n) is 2.16. The molecule has 16 heavy (non-hydrogen) atoms. The summed E-state index contributed by atoms with van der Waals surface area (Å²) < 4.78 is 0. The molecule has 0 bridgehead atoms. The highest BCUT2D eigenvalue weighted by atomic mass is 16.3. The van der Waals surface area contributed by atoms with Gasteiger partial charge in [-0.05, 0) is 24.6 Å². The normalized spacial score (nSPS) is 9.50. The van der Waals surface area contributed by atoms with Crippen molar-refractivity contribution in [2.45, 2.75) is 13.3 Å². The number of carbonyl (C=O) groups excluding carboxylic acids is 1. The first kappa shape index (κ1) is 12.1. The molecule has 3 nitrogen and oxygen atoms in total. The maximum absolute atomic E-state index is 12.0. The van der Waals surface area contributed by atoms with Crippen molar-refractivity contribution in [2.75, 3.05) is 13.1 Å². The summed E-state index contributed by atoms with van der Waals surface area (Å²) in [5.41, 5.74) is 0.462. The van der Waals surface area contributed by atoms with Gasteiger partial charge in [0, 0.05) is 12.1 Å². The molecule has 0 unspecified atom stereocenters. The van der Waals surface area contributed by atoms with E-state index in [9.17, 15) is 9.90 Å². The lowest BCUT2D eigenvalue weighted by Gasteiger charge is -2.19. The highest BCUT2D eigenvalue weighted by Gasteiger charge is 2.13. The second-order valence-electron chi connectivity index (χ2n) is 3.48. The summed E-state index contributed by atoms with van der Waals surface area (Å²) in [6.07, 6.45) is 6.07. The van der Waals surface area contributed by atoms with E-state index < -0.39 is 0 Å². The zero-order valence-electron chi connectivity index (χ0n) is 9.31. The van der Waals surface area contributed by atoms with Crippen molar-refractivity contribution in [3.05, 3.63) is 29.8 Å². The molecule has 0 aromatic heterocycles. The Balaban J connectivity index is 2.86. The number of carbonyl (C=O) groups is 1. The van der Waals surface area contributed by atoms with Crippen LogP contribution in [0.25, 0.3) is 0 Å².